The molecule has 2 N–H and O–H groups in total. The third-order valence-electron chi connectivity index (χ3n) is 3.66. The molecule has 0 bridgehead atoms. The Bertz CT molecular complexity index is 838. The normalized spacial score (nSPS) is 10.9. The predicted molar refractivity (Wildman–Crippen MR) is 115 cm³/mol. The van der Waals surface area contributed by atoms with Crippen molar-refractivity contribution in [2.75, 3.05) is 18.9 Å². The van der Waals surface area contributed by atoms with E-state index in [1.165, 1.54) is 18.6 Å². The Morgan fingerprint density at radius 2 is 1.66 bits per heavy atom. The van der Waals surface area contributed by atoms with Gasteiger partial charge >= 0.3 is 5.97 Å². The summed E-state index contributed by atoms with van der Waals surface area (Å²) >= 11 is 1.71. The fourth-order valence-electron chi connectivity index (χ4n) is 2.34. The van der Waals surface area contributed by atoms with Gasteiger partial charge in [0, 0.05) is 25.0 Å². The summed E-state index contributed by atoms with van der Waals surface area (Å²) in [5, 5.41) is 5.15. The van der Waals surface area contributed by atoms with Crippen molar-refractivity contribution >= 4 is 35.6 Å². The van der Waals surface area contributed by atoms with E-state index < -0.39 is 18.5 Å². The lowest BCUT2D eigenvalue weighted by Gasteiger charge is -2.09. The van der Waals surface area contributed by atoms with Crippen molar-refractivity contribution in [3.63, 3.8) is 0 Å². The Morgan fingerprint density at radius 1 is 1.00 bits per heavy atom. The summed E-state index contributed by atoms with van der Waals surface area (Å²) in [4.78, 5) is 35.5. The Kier molecular flexibility index (Phi) is 9.51. The van der Waals surface area contributed by atoms with Crippen molar-refractivity contribution in [3.05, 3.63) is 77.5 Å². The largest absolute Gasteiger partial charge is 0.451 e. The number of hydrogen-bond donors (Lipinski definition) is 2. The first-order valence-corrected chi connectivity index (χ1v) is 10.3. The molecule has 0 atom stereocenters. The van der Waals surface area contributed by atoms with E-state index in [9.17, 15) is 14.4 Å². The van der Waals surface area contributed by atoms with Gasteiger partial charge in [-0.05, 0) is 17.2 Å². The molecule has 7 heteroatoms. The van der Waals surface area contributed by atoms with Crippen LogP contribution in [0.3, 0.4) is 0 Å². The van der Waals surface area contributed by atoms with Gasteiger partial charge in [-0.1, -0.05) is 60.7 Å². The highest BCUT2D eigenvalue weighted by molar-refractivity contribution is 7.98. The summed E-state index contributed by atoms with van der Waals surface area (Å²) < 4.78 is 5.02. The lowest BCUT2D eigenvalue weighted by atomic mass is 10.2. The quantitative estimate of drug-likeness (QED) is 0.356. The summed E-state index contributed by atoms with van der Waals surface area (Å²) in [7, 11) is 0. The summed E-state index contributed by atoms with van der Waals surface area (Å²) in [6, 6.07) is 19.1. The maximum Gasteiger partial charge on any atom is 0.355 e. The van der Waals surface area contributed by atoms with Gasteiger partial charge < -0.3 is 15.4 Å². The minimum Gasteiger partial charge on any atom is -0.451 e. The standard InChI is InChI=1S/C22H24N2O4S/c1-17(25)24-20(14-18-8-4-2-5-9-18)22(27)28-15-21(26)23-12-13-29-16-19-10-6-3-7-11-19/h2-11,14H,12-13,15-16H2,1H3,(H,23,26)(H,24,25)/b20-14-. The second-order valence-electron chi connectivity index (χ2n) is 6.11. The van der Waals surface area contributed by atoms with E-state index in [2.05, 4.69) is 22.8 Å². The highest BCUT2D eigenvalue weighted by Crippen LogP contribution is 2.10. The van der Waals surface area contributed by atoms with Crippen LogP contribution in [0.15, 0.2) is 66.4 Å². The highest BCUT2D eigenvalue weighted by Gasteiger charge is 2.14. The molecule has 0 unspecified atom stereocenters. The zero-order valence-corrected chi connectivity index (χ0v) is 17.0. The molecule has 0 radical (unpaired) electrons. The van der Waals surface area contributed by atoms with E-state index >= 15 is 0 Å². The van der Waals surface area contributed by atoms with Crippen molar-refractivity contribution in [1.29, 1.82) is 0 Å². The number of carbonyl (C=O) groups is 3. The molecule has 0 saturated heterocycles. The van der Waals surface area contributed by atoms with Gasteiger partial charge in [0.05, 0.1) is 0 Å². The van der Waals surface area contributed by atoms with E-state index in [0.29, 0.717) is 6.54 Å². The van der Waals surface area contributed by atoms with Crippen molar-refractivity contribution in [2.45, 2.75) is 12.7 Å². The summed E-state index contributed by atoms with van der Waals surface area (Å²) in [6.07, 6.45) is 1.50. The average Bonchev–Trinajstić information content (AvgIpc) is 2.72. The molecule has 0 spiro atoms. The van der Waals surface area contributed by atoms with Crippen LogP contribution < -0.4 is 10.6 Å². The Balaban J connectivity index is 1.73. The molecule has 0 saturated carbocycles. The van der Waals surface area contributed by atoms with Gasteiger partial charge in [0.1, 0.15) is 5.70 Å². The zero-order valence-electron chi connectivity index (χ0n) is 16.2. The van der Waals surface area contributed by atoms with E-state index in [1.807, 2.05) is 36.4 Å². The number of carbonyl (C=O) groups excluding carboxylic acids is 3. The van der Waals surface area contributed by atoms with Gasteiger partial charge in [0.15, 0.2) is 6.61 Å². The molecule has 0 fully saturated rings. The van der Waals surface area contributed by atoms with Crippen molar-refractivity contribution in [2.24, 2.45) is 0 Å². The number of nitrogens with one attached hydrogen (secondary N) is 2. The predicted octanol–water partition coefficient (Wildman–Crippen LogP) is 2.76. The average molecular weight is 413 g/mol. The highest BCUT2D eigenvalue weighted by atomic mass is 32.2. The molecule has 6 nitrogen and oxygen atoms in total. The third kappa shape index (κ3) is 9.12. The first-order valence-electron chi connectivity index (χ1n) is 9.14. The molecule has 2 amide bonds. The van der Waals surface area contributed by atoms with Gasteiger partial charge in [-0.25, -0.2) is 4.79 Å². The van der Waals surface area contributed by atoms with Gasteiger partial charge in [0.2, 0.25) is 5.91 Å². The van der Waals surface area contributed by atoms with Crippen LogP contribution >= 0.6 is 11.8 Å². The molecule has 2 aromatic rings. The van der Waals surface area contributed by atoms with Crippen LogP contribution in [0.4, 0.5) is 0 Å². The van der Waals surface area contributed by atoms with E-state index in [0.717, 1.165) is 17.1 Å². The molecule has 0 aliphatic heterocycles. The van der Waals surface area contributed by atoms with Crippen LogP contribution in [0.2, 0.25) is 0 Å². The number of benzene rings is 2. The minimum absolute atomic E-state index is 0.0186. The van der Waals surface area contributed by atoms with Crippen molar-refractivity contribution < 1.29 is 19.1 Å². The van der Waals surface area contributed by atoms with E-state index in [-0.39, 0.29) is 11.6 Å². The maximum absolute atomic E-state index is 12.2. The van der Waals surface area contributed by atoms with Gasteiger partial charge in [-0.2, -0.15) is 11.8 Å². The van der Waals surface area contributed by atoms with Crippen molar-refractivity contribution in [1.82, 2.24) is 10.6 Å². The smallest absolute Gasteiger partial charge is 0.355 e. The number of thioether (sulfide) groups is 1. The SMILES string of the molecule is CC(=O)N/C(=C\c1ccccc1)C(=O)OCC(=O)NCCSCc1ccccc1. The number of amides is 2. The van der Waals surface area contributed by atoms with Crippen LogP contribution in [-0.4, -0.2) is 36.7 Å². The fourth-order valence-corrected chi connectivity index (χ4v) is 3.16. The topological polar surface area (TPSA) is 84.5 Å². The fraction of sp³-hybridized carbons (Fsp3) is 0.227. The molecule has 0 aliphatic carbocycles. The molecular formula is C22H24N2O4S. The molecular weight excluding hydrogens is 388 g/mol. The van der Waals surface area contributed by atoms with Crippen LogP contribution in [0, 0.1) is 0 Å². The molecule has 0 heterocycles. The van der Waals surface area contributed by atoms with Crippen LogP contribution in [0.1, 0.15) is 18.1 Å². The number of esters is 1. The van der Waals surface area contributed by atoms with E-state index in [4.69, 9.17) is 4.74 Å². The van der Waals surface area contributed by atoms with Crippen LogP contribution in [0.5, 0.6) is 0 Å². The lowest BCUT2D eigenvalue weighted by Crippen LogP contribution is -2.32. The molecule has 2 aromatic carbocycles. The number of ether oxygens (including phenoxy) is 1. The second kappa shape index (κ2) is 12.4. The van der Waals surface area contributed by atoms with Crippen molar-refractivity contribution in [3.8, 4) is 0 Å². The van der Waals surface area contributed by atoms with Gasteiger partial charge in [-0.15, -0.1) is 0 Å². The van der Waals surface area contributed by atoms with Crippen LogP contribution in [-0.2, 0) is 24.9 Å². The first-order chi connectivity index (χ1) is 14.0. The summed E-state index contributed by atoms with van der Waals surface area (Å²) in [6.45, 7) is 1.37. The second-order valence-corrected chi connectivity index (χ2v) is 7.22. The minimum atomic E-state index is -0.766. The molecule has 0 aliphatic rings. The zero-order chi connectivity index (χ0) is 20.9. The lowest BCUT2D eigenvalue weighted by molar-refractivity contribution is -0.145. The number of rotatable bonds is 10. The Labute approximate surface area is 174 Å². The Hall–Kier alpha value is -3.06. The van der Waals surface area contributed by atoms with Gasteiger partial charge in [-0.3, -0.25) is 9.59 Å². The maximum atomic E-state index is 12.2. The summed E-state index contributed by atoms with van der Waals surface area (Å²) in [5.41, 5.74) is 1.94. The molecule has 152 valence electrons. The van der Waals surface area contributed by atoms with Gasteiger partial charge in [0.25, 0.3) is 5.91 Å². The molecule has 2 rings (SSSR count). The molecule has 29 heavy (non-hydrogen) atoms. The third-order valence-corrected chi connectivity index (χ3v) is 4.69. The Morgan fingerprint density at radius 3 is 2.31 bits per heavy atom. The summed E-state index contributed by atoms with van der Waals surface area (Å²) in [5.74, 6) is 0.0672. The first kappa shape index (κ1) is 22.2. The monoisotopic (exact) mass is 412 g/mol. The number of hydrogen-bond acceptors (Lipinski definition) is 5. The van der Waals surface area contributed by atoms with E-state index in [1.54, 1.807) is 23.9 Å². The molecule has 0 aromatic heterocycles. The van der Waals surface area contributed by atoms with Crippen LogP contribution in [0.25, 0.3) is 6.08 Å².